The van der Waals surface area contributed by atoms with Crippen molar-refractivity contribution in [2.24, 2.45) is 5.41 Å². The van der Waals surface area contributed by atoms with Crippen molar-refractivity contribution in [3.8, 4) is 6.07 Å². The smallest absolute Gasteiger partial charge is 0.0994 e. The highest BCUT2D eigenvalue weighted by Crippen LogP contribution is 2.25. The zero-order chi connectivity index (χ0) is 10.6. The number of nitrogens with zero attached hydrogens (tertiary/aromatic N) is 1. The summed E-state index contributed by atoms with van der Waals surface area (Å²) in [6, 6.07) is 10.0. The van der Waals surface area contributed by atoms with Gasteiger partial charge in [-0.1, -0.05) is 48.0 Å². The molecule has 0 fully saturated rings. The molecule has 1 aromatic carbocycles. The molecular weight excluding hydrogens is 238 g/mol. The van der Waals surface area contributed by atoms with E-state index in [9.17, 15) is 0 Å². The molecule has 0 unspecified atom stereocenters. The lowest BCUT2D eigenvalue weighted by Crippen LogP contribution is -2.17. The fourth-order valence-electron chi connectivity index (χ4n) is 1.35. The first-order valence-electron chi connectivity index (χ1n) is 4.63. The van der Waals surface area contributed by atoms with Crippen molar-refractivity contribution in [3.63, 3.8) is 0 Å². The van der Waals surface area contributed by atoms with Crippen LogP contribution in [0.4, 0.5) is 0 Å². The monoisotopic (exact) mass is 251 g/mol. The van der Waals surface area contributed by atoms with Crippen molar-refractivity contribution in [1.82, 2.24) is 0 Å². The Bertz CT molecular complexity index is 350. The zero-order valence-electron chi connectivity index (χ0n) is 8.55. The van der Waals surface area contributed by atoms with Crippen LogP contribution in [0.2, 0.25) is 0 Å². The van der Waals surface area contributed by atoms with E-state index in [0.717, 1.165) is 22.9 Å². The highest BCUT2D eigenvalue weighted by atomic mass is 79.9. The molecule has 0 heterocycles. The van der Waals surface area contributed by atoms with Crippen LogP contribution >= 0.6 is 15.9 Å². The molecule has 0 atom stereocenters. The van der Waals surface area contributed by atoms with E-state index in [1.54, 1.807) is 0 Å². The second kappa shape index (κ2) is 4.61. The summed E-state index contributed by atoms with van der Waals surface area (Å²) in [5.41, 5.74) is 2.13. The third-order valence-corrected chi connectivity index (χ3v) is 3.69. The van der Waals surface area contributed by atoms with Crippen LogP contribution in [0.3, 0.4) is 0 Å². The third-order valence-electron chi connectivity index (χ3n) is 2.17. The number of alkyl halides is 1. The molecule has 0 aliphatic carbocycles. The molecule has 0 aromatic heterocycles. The topological polar surface area (TPSA) is 23.8 Å². The van der Waals surface area contributed by atoms with Gasteiger partial charge in [0.15, 0.2) is 0 Å². The Balaban J connectivity index is 2.92. The van der Waals surface area contributed by atoms with Gasteiger partial charge in [0.25, 0.3) is 0 Å². The Kier molecular flexibility index (Phi) is 3.71. The van der Waals surface area contributed by atoms with Gasteiger partial charge in [-0.15, -0.1) is 0 Å². The van der Waals surface area contributed by atoms with Gasteiger partial charge < -0.3 is 0 Å². The number of halogens is 1. The van der Waals surface area contributed by atoms with Gasteiger partial charge in [0.2, 0.25) is 0 Å². The summed E-state index contributed by atoms with van der Waals surface area (Å²) >= 11 is 3.49. The second-order valence-electron chi connectivity index (χ2n) is 4.24. The Morgan fingerprint density at radius 2 is 2.00 bits per heavy atom. The highest BCUT2D eigenvalue weighted by Gasteiger charge is 2.18. The molecule has 0 radical (unpaired) electrons. The quantitative estimate of drug-likeness (QED) is 0.755. The summed E-state index contributed by atoms with van der Waals surface area (Å²) in [5.74, 6) is 0. The lowest BCUT2D eigenvalue weighted by atomic mass is 9.86. The van der Waals surface area contributed by atoms with E-state index in [0.29, 0.717) is 0 Å². The van der Waals surface area contributed by atoms with Crippen molar-refractivity contribution >= 4 is 15.9 Å². The van der Waals surface area contributed by atoms with Crippen LogP contribution in [0.25, 0.3) is 0 Å². The Morgan fingerprint density at radius 3 is 2.57 bits per heavy atom. The molecule has 0 spiro atoms. The second-order valence-corrected chi connectivity index (χ2v) is 4.80. The first-order valence-corrected chi connectivity index (χ1v) is 5.75. The SMILES string of the molecule is CC(C)(CBr)Cc1ccccc1C#N. The van der Waals surface area contributed by atoms with Crippen LogP contribution in [0.15, 0.2) is 24.3 Å². The van der Waals surface area contributed by atoms with E-state index in [1.807, 2.05) is 24.3 Å². The number of hydrogen-bond acceptors (Lipinski definition) is 1. The molecule has 74 valence electrons. The van der Waals surface area contributed by atoms with Gasteiger partial charge >= 0.3 is 0 Å². The Labute approximate surface area is 93.9 Å². The van der Waals surface area contributed by atoms with Crippen LogP contribution in [0, 0.1) is 16.7 Å². The molecule has 0 bridgehead atoms. The fraction of sp³-hybridized carbons (Fsp3) is 0.417. The molecule has 0 aliphatic rings. The summed E-state index contributed by atoms with van der Waals surface area (Å²) < 4.78 is 0. The Hall–Kier alpha value is -0.810. The van der Waals surface area contributed by atoms with Crippen molar-refractivity contribution < 1.29 is 0 Å². The Morgan fingerprint density at radius 1 is 1.36 bits per heavy atom. The van der Waals surface area contributed by atoms with Gasteiger partial charge in [0.1, 0.15) is 0 Å². The maximum absolute atomic E-state index is 8.93. The van der Waals surface area contributed by atoms with Crippen molar-refractivity contribution in [3.05, 3.63) is 35.4 Å². The van der Waals surface area contributed by atoms with E-state index in [2.05, 4.69) is 35.8 Å². The van der Waals surface area contributed by atoms with Gasteiger partial charge in [-0.05, 0) is 23.5 Å². The maximum Gasteiger partial charge on any atom is 0.0994 e. The standard InChI is InChI=1S/C12H14BrN/c1-12(2,9-13)7-10-5-3-4-6-11(10)8-14/h3-6H,7,9H2,1-2H3. The maximum atomic E-state index is 8.93. The van der Waals surface area contributed by atoms with Gasteiger partial charge in [-0.25, -0.2) is 0 Å². The van der Waals surface area contributed by atoms with E-state index in [1.165, 1.54) is 0 Å². The number of benzene rings is 1. The van der Waals surface area contributed by atoms with Crippen LogP contribution < -0.4 is 0 Å². The highest BCUT2D eigenvalue weighted by molar-refractivity contribution is 9.09. The molecule has 14 heavy (non-hydrogen) atoms. The van der Waals surface area contributed by atoms with E-state index in [-0.39, 0.29) is 5.41 Å². The summed E-state index contributed by atoms with van der Waals surface area (Å²) in [7, 11) is 0. The van der Waals surface area contributed by atoms with Crippen molar-refractivity contribution in [2.45, 2.75) is 20.3 Å². The molecule has 0 saturated carbocycles. The number of nitriles is 1. The fourth-order valence-corrected chi connectivity index (χ4v) is 1.54. The summed E-state index contributed by atoms with van der Waals surface area (Å²) in [6.45, 7) is 4.38. The minimum Gasteiger partial charge on any atom is -0.192 e. The van der Waals surface area contributed by atoms with E-state index >= 15 is 0 Å². The van der Waals surface area contributed by atoms with E-state index < -0.39 is 0 Å². The van der Waals surface area contributed by atoms with Crippen molar-refractivity contribution in [1.29, 1.82) is 5.26 Å². The number of hydrogen-bond donors (Lipinski definition) is 0. The molecule has 0 aliphatic heterocycles. The first-order chi connectivity index (χ1) is 6.59. The molecule has 0 saturated heterocycles. The molecule has 1 aromatic rings. The first kappa shape index (κ1) is 11.3. The number of rotatable bonds is 3. The minimum absolute atomic E-state index is 0.201. The van der Waals surface area contributed by atoms with E-state index in [4.69, 9.17) is 5.26 Å². The lowest BCUT2D eigenvalue weighted by molar-refractivity contribution is 0.424. The average Bonchev–Trinajstić information content (AvgIpc) is 2.18. The van der Waals surface area contributed by atoms with Gasteiger partial charge in [0, 0.05) is 5.33 Å². The largest absolute Gasteiger partial charge is 0.192 e. The molecular formula is C12H14BrN. The minimum atomic E-state index is 0.201. The van der Waals surface area contributed by atoms with Crippen LogP contribution in [0.5, 0.6) is 0 Å². The molecule has 0 amide bonds. The zero-order valence-corrected chi connectivity index (χ0v) is 10.1. The van der Waals surface area contributed by atoms with Gasteiger partial charge in [0.05, 0.1) is 11.6 Å². The average molecular weight is 252 g/mol. The summed E-state index contributed by atoms with van der Waals surface area (Å²) in [4.78, 5) is 0. The van der Waals surface area contributed by atoms with Crippen molar-refractivity contribution in [2.75, 3.05) is 5.33 Å². The lowest BCUT2D eigenvalue weighted by Gasteiger charge is -2.21. The third kappa shape index (κ3) is 2.85. The van der Waals surface area contributed by atoms with Crippen LogP contribution in [-0.2, 0) is 6.42 Å². The summed E-state index contributed by atoms with van der Waals surface area (Å²) in [5, 5.41) is 9.87. The van der Waals surface area contributed by atoms with Gasteiger partial charge in [-0.3, -0.25) is 0 Å². The normalized spacial score (nSPS) is 11.0. The predicted octanol–water partition coefficient (Wildman–Crippen LogP) is 3.52. The predicted molar refractivity (Wildman–Crippen MR) is 62.4 cm³/mol. The van der Waals surface area contributed by atoms with Gasteiger partial charge in [-0.2, -0.15) is 5.26 Å². The molecule has 2 heteroatoms. The molecule has 1 nitrogen and oxygen atoms in total. The van der Waals surface area contributed by atoms with Crippen LogP contribution in [-0.4, -0.2) is 5.33 Å². The summed E-state index contributed by atoms with van der Waals surface area (Å²) in [6.07, 6.45) is 0.933. The molecule has 1 rings (SSSR count). The molecule has 0 N–H and O–H groups in total. The van der Waals surface area contributed by atoms with Crippen LogP contribution in [0.1, 0.15) is 25.0 Å².